The fourth-order valence-corrected chi connectivity index (χ4v) is 1.98. The zero-order valence-corrected chi connectivity index (χ0v) is 14.6. The van der Waals surface area contributed by atoms with Crippen LogP contribution < -0.4 is 5.32 Å². The van der Waals surface area contributed by atoms with Gasteiger partial charge in [-0.25, -0.2) is 0 Å². The Balaban J connectivity index is 3.66. The molecule has 0 aromatic rings. The summed E-state index contributed by atoms with van der Waals surface area (Å²) in [5.41, 5.74) is 1.18. The molecule has 0 spiro atoms. The molecule has 0 fully saturated rings. The molecule has 0 rings (SSSR count). The molecular formula is C18H33NO3. The minimum absolute atomic E-state index is 0.127. The number of rotatable bonds is 12. The molecule has 0 unspecified atom stereocenters. The number of amides is 1. The fraction of sp³-hybridized carbons (Fsp3) is 0.722. The number of nitrogens with one attached hydrogen (secondary N) is 1. The smallest absolute Gasteiger partial charge is 0.220 e. The number of carbonyl (C=O) groups excluding carboxylic acids is 1. The van der Waals surface area contributed by atoms with Crippen LogP contribution in [0.15, 0.2) is 23.8 Å². The predicted octanol–water partition coefficient (Wildman–Crippen LogP) is 3.36. The standard InChI is InChI=1S/C18H33NO3/c1-5-15(3)14-19-18(21)13-11-9-7-8-10-12-17(22-4)16(20)6-2/h5,10,12,16-17,20H,6-9,11,13-14H2,1-4H3,(H,19,21)/b12-10+,15-5-/t16-,17-/m0/s1. The summed E-state index contributed by atoms with van der Waals surface area (Å²) in [4.78, 5) is 11.6. The molecule has 128 valence electrons. The highest BCUT2D eigenvalue weighted by atomic mass is 16.5. The molecule has 4 heteroatoms. The summed E-state index contributed by atoms with van der Waals surface area (Å²) in [6, 6.07) is 0. The van der Waals surface area contributed by atoms with Crippen molar-refractivity contribution in [3.63, 3.8) is 0 Å². The quantitative estimate of drug-likeness (QED) is 0.429. The van der Waals surface area contributed by atoms with Gasteiger partial charge in [0.25, 0.3) is 0 Å². The van der Waals surface area contributed by atoms with Crippen LogP contribution in [-0.2, 0) is 9.53 Å². The highest BCUT2D eigenvalue weighted by Gasteiger charge is 2.12. The molecular weight excluding hydrogens is 278 g/mol. The highest BCUT2D eigenvalue weighted by Crippen LogP contribution is 2.08. The van der Waals surface area contributed by atoms with Gasteiger partial charge in [-0.15, -0.1) is 0 Å². The molecule has 0 aromatic carbocycles. The molecule has 4 nitrogen and oxygen atoms in total. The number of hydrogen-bond acceptors (Lipinski definition) is 3. The third-order valence-electron chi connectivity index (χ3n) is 3.73. The van der Waals surface area contributed by atoms with Crippen LogP contribution in [0.2, 0.25) is 0 Å². The minimum Gasteiger partial charge on any atom is -0.390 e. The molecule has 0 saturated carbocycles. The van der Waals surface area contributed by atoms with E-state index in [1.807, 2.05) is 32.9 Å². The van der Waals surface area contributed by atoms with Gasteiger partial charge in [-0.2, -0.15) is 0 Å². The number of allylic oxidation sites excluding steroid dienone is 2. The van der Waals surface area contributed by atoms with Gasteiger partial charge in [0.05, 0.1) is 6.10 Å². The van der Waals surface area contributed by atoms with Gasteiger partial charge >= 0.3 is 0 Å². The molecule has 0 aliphatic rings. The van der Waals surface area contributed by atoms with Gasteiger partial charge in [0.15, 0.2) is 0 Å². The Morgan fingerprint density at radius 2 is 2.05 bits per heavy atom. The van der Waals surface area contributed by atoms with Gasteiger partial charge in [-0.05, 0) is 39.5 Å². The van der Waals surface area contributed by atoms with Crippen LogP contribution in [0.4, 0.5) is 0 Å². The first-order valence-corrected chi connectivity index (χ1v) is 8.31. The first kappa shape index (κ1) is 20.9. The topological polar surface area (TPSA) is 58.6 Å². The van der Waals surface area contributed by atoms with Crippen LogP contribution in [0, 0.1) is 0 Å². The molecule has 0 aliphatic carbocycles. The normalized spacial score (nSPS) is 15.0. The summed E-state index contributed by atoms with van der Waals surface area (Å²) in [5.74, 6) is 0.127. The Hall–Kier alpha value is -1.13. The van der Waals surface area contributed by atoms with E-state index in [1.54, 1.807) is 7.11 Å². The van der Waals surface area contributed by atoms with E-state index in [-0.39, 0.29) is 12.0 Å². The Morgan fingerprint density at radius 1 is 1.32 bits per heavy atom. The summed E-state index contributed by atoms with van der Waals surface area (Å²) < 4.78 is 5.22. The maximum absolute atomic E-state index is 11.6. The van der Waals surface area contributed by atoms with Gasteiger partial charge in [0, 0.05) is 20.1 Å². The third-order valence-corrected chi connectivity index (χ3v) is 3.73. The van der Waals surface area contributed by atoms with E-state index in [1.165, 1.54) is 5.57 Å². The number of methoxy groups -OCH3 is 1. The predicted molar refractivity (Wildman–Crippen MR) is 91.8 cm³/mol. The zero-order valence-electron chi connectivity index (χ0n) is 14.6. The van der Waals surface area contributed by atoms with Crippen molar-refractivity contribution in [2.24, 2.45) is 0 Å². The van der Waals surface area contributed by atoms with Gasteiger partial charge in [-0.3, -0.25) is 4.79 Å². The van der Waals surface area contributed by atoms with Crippen LogP contribution in [0.1, 0.15) is 59.3 Å². The summed E-state index contributed by atoms with van der Waals surface area (Å²) in [6.07, 6.45) is 10.6. The molecule has 0 heterocycles. The van der Waals surface area contributed by atoms with Crippen LogP contribution in [0.5, 0.6) is 0 Å². The molecule has 0 aliphatic heterocycles. The number of aliphatic hydroxyl groups excluding tert-OH is 1. The molecule has 0 aromatic heterocycles. The molecule has 1 amide bonds. The van der Waals surface area contributed by atoms with E-state index >= 15 is 0 Å². The van der Waals surface area contributed by atoms with E-state index in [0.29, 0.717) is 19.4 Å². The van der Waals surface area contributed by atoms with Gasteiger partial charge in [0.1, 0.15) is 6.10 Å². The maximum atomic E-state index is 11.6. The molecule has 0 saturated heterocycles. The highest BCUT2D eigenvalue weighted by molar-refractivity contribution is 5.76. The van der Waals surface area contributed by atoms with Crippen molar-refractivity contribution in [2.75, 3.05) is 13.7 Å². The second kappa shape index (κ2) is 13.5. The Labute approximate surface area is 135 Å². The fourth-order valence-electron chi connectivity index (χ4n) is 1.98. The monoisotopic (exact) mass is 311 g/mol. The van der Waals surface area contributed by atoms with Crippen molar-refractivity contribution >= 4 is 5.91 Å². The summed E-state index contributed by atoms with van der Waals surface area (Å²) in [7, 11) is 1.61. The van der Waals surface area contributed by atoms with E-state index in [4.69, 9.17) is 4.74 Å². The van der Waals surface area contributed by atoms with Crippen LogP contribution in [0.3, 0.4) is 0 Å². The van der Waals surface area contributed by atoms with E-state index in [9.17, 15) is 9.90 Å². The molecule has 2 atom stereocenters. The van der Waals surface area contributed by atoms with Crippen molar-refractivity contribution in [2.45, 2.75) is 71.5 Å². The second-order valence-electron chi connectivity index (χ2n) is 5.62. The summed E-state index contributed by atoms with van der Waals surface area (Å²) in [6.45, 7) is 6.57. The Kier molecular flexibility index (Phi) is 12.8. The lowest BCUT2D eigenvalue weighted by Gasteiger charge is -2.16. The number of ether oxygens (including phenoxy) is 1. The number of carbonyl (C=O) groups is 1. The SMILES string of the molecule is C/C=C(/C)CNC(=O)CCCCC/C=C/[C@H](OC)[C@@H](O)CC. The largest absolute Gasteiger partial charge is 0.390 e. The lowest BCUT2D eigenvalue weighted by atomic mass is 10.1. The summed E-state index contributed by atoms with van der Waals surface area (Å²) in [5, 5.41) is 12.6. The lowest BCUT2D eigenvalue weighted by molar-refractivity contribution is -0.121. The first-order valence-electron chi connectivity index (χ1n) is 8.31. The number of hydrogen-bond donors (Lipinski definition) is 2. The third kappa shape index (κ3) is 10.6. The molecule has 2 N–H and O–H groups in total. The number of unbranched alkanes of at least 4 members (excludes halogenated alkanes) is 3. The maximum Gasteiger partial charge on any atom is 0.220 e. The zero-order chi connectivity index (χ0) is 16.8. The Bertz CT molecular complexity index is 350. The average molecular weight is 311 g/mol. The van der Waals surface area contributed by atoms with Crippen LogP contribution in [-0.4, -0.2) is 36.9 Å². The minimum atomic E-state index is -0.439. The second-order valence-corrected chi connectivity index (χ2v) is 5.62. The average Bonchev–Trinajstić information content (AvgIpc) is 2.54. The van der Waals surface area contributed by atoms with Gasteiger partial charge < -0.3 is 15.2 Å². The van der Waals surface area contributed by atoms with Crippen molar-refractivity contribution in [1.82, 2.24) is 5.32 Å². The van der Waals surface area contributed by atoms with Crippen molar-refractivity contribution in [3.05, 3.63) is 23.8 Å². The first-order chi connectivity index (χ1) is 10.5. The van der Waals surface area contributed by atoms with Crippen LogP contribution >= 0.6 is 0 Å². The molecule has 22 heavy (non-hydrogen) atoms. The number of aliphatic hydroxyl groups is 1. The summed E-state index contributed by atoms with van der Waals surface area (Å²) >= 11 is 0. The molecule has 0 radical (unpaired) electrons. The van der Waals surface area contributed by atoms with Gasteiger partial charge in [-0.1, -0.05) is 37.1 Å². The van der Waals surface area contributed by atoms with Crippen molar-refractivity contribution in [3.8, 4) is 0 Å². The van der Waals surface area contributed by atoms with Crippen LogP contribution in [0.25, 0.3) is 0 Å². The van der Waals surface area contributed by atoms with E-state index in [0.717, 1.165) is 25.7 Å². The van der Waals surface area contributed by atoms with Crippen molar-refractivity contribution < 1.29 is 14.6 Å². The Morgan fingerprint density at radius 3 is 2.64 bits per heavy atom. The van der Waals surface area contributed by atoms with Crippen molar-refractivity contribution in [1.29, 1.82) is 0 Å². The van der Waals surface area contributed by atoms with E-state index in [2.05, 4.69) is 11.4 Å². The molecule has 0 bridgehead atoms. The van der Waals surface area contributed by atoms with E-state index < -0.39 is 6.10 Å². The van der Waals surface area contributed by atoms with Gasteiger partial charge in [0.2, 0.25) is 5.91 Å². The lowest BCUT2D eigenvalue weighted by Crippen LogP contribution is -2.24.